The summed E-state index contributed by atoms with van der Waals surface area (Å²) < 4.78 is 43.7. The second kappa shape index (κ2) is 9.28. The molecule has 186 valence electrons. The quantitative estimate of drug-likeness (QED) is 0.387. The van der Waals surface area contributed by atoms with Crippen LogP contribution in [0.15, 0.2) is 48.5 Å². The molecule has 2 aromatic carbocycles. The lowest BCUT2D eigenvalue weighted by Gasteiger charge is -2.40. The Bertz CT molecular complexity index is 1250. The van der Waals surface area contributed by atoms with Gasteiger partial charge in [0.15, 0.2) is 0 Å². The summed E-state index contributed by atoms with van der Waals surface area (Å²) in [6, 6.07) is 11.5. The second-order valence-corrected chi connectivity index (χ2v) is 10.1. The predicted octanol–water partition coefficient (Wildman–Crippen LogP) is 6.56. The normalized spacial score (nSPS) is 20.3. The fraction of sp³-hybridized carbons (Fsp3) is 0.385. The van der Waals surface area contributed by atoms with Gasteiger partial charge in [-0.1, -0.05) is 26.8 Å². The molecule has 2 atom stereocenters. The number of primary amides is 1. The number of nitrogens with one attached hydrogen (secondary N) is 1. The number of ether oxygens (including phenoxy) is 1. The van der Waals surface area contributed by atoms with Gasteiger partial charge >= 0.3 is 6.36 Å². The van der Waals surface area contributed by atoms with Crippen LogP contribution in [-0.2, 0) is 4.79 Å². The van der Waals surface area contributed by atoms with E-state index in [2.05, 4.69) is 35.4 Å². The summed E-state index contributed by atoms with van der Waals surface area (Å²) in [5.41, 5.74) is 8.45. The molecule has 3 aromatic rings. The third kappa shape index (κ3) is 6.15. The molecule has 0 spiro atoms. The molecule has 35 heavy (non-hydrogen) atoms. The van der Waals surface area contributed by atoms with Crippen LogP contribution in [0.1, 0.15) is 51.6 Å². The summed E-state index contributed by atoms with van der Waals surface area (Å²) in [6.45, 7) is 6.80. The van der Waals surface area contributed by atoms with Gasteiger partial charge in [0.05, 0.1) is 11.0 Å². The van der Waals surface area contributed by atoms with E-state index in [-0.39, 0.29) is 17.2 Å². The van der Waals surface area contributed by atoms with Crippen molar-refractivity contribution in [1.29, 1.82) is 0 Å². The van der Waals surface area contributed by atoms with Gasteiger partial charge in [-0.3, -0.25) is 4.79 Å². The molecule has 1 fully saturated rings. The molecule has 4 rings (SSSR count). The first-order valence-corrected chi connectivity index (χ1v) is 11.5. The largest absolute Gasteiger partial charge is 0.573 e. The summed E-state index contributed by atoms with van der Waals surface area (Å²) in [4.78, 5) is 15.9. The van der Waals surface area contributed by atoms with E-state index in [1.165, 1.54) is 30.3 Å². The average molecular weight is 487 g/mol. The molecule has 0 radical (unpaired) electrons. The van der Waals surface area contributed by atoms with Crippen molar-refractivity contribution in [3.05, 3.63) is 54.1 Å². The Balaban J connectivity index is 1.73. The Hall–Kier alpha value is -3.49. The minimum atomic E-state index is -4.74. The fourth-order valence-electron chi connectivity index (χ4n) is 5.22. The number of halogens is 3. The van der Waals surface area contributed by atoms with Gasteiger partial charge in [-0.15, -0.1) is 13.2 Å². The second-order valence-electron chi connectivity index (χ2n) is 10.1. The summed E-state index contributed by atoms with van der Waals surface area (Å²) in [6.07, 6.45) is 1.30. The lowest BCUT2D eigenvalue weighted by atomic mass is 9.70. The molecule has 0 bridgehead atoms. The van der Waals surface area contributed by atoms with Crippen LogP contribution in [0.4, 0.5) is 24.8 Å². The van der Waals surface area contributed by atoms with Crippen LogP contribution in [0.25, 0.3) is 17.1 Å². The van der Waals surface area contributed by atoms with Gasteiger partial charge in [-0.05, 0) is 78.6 Å². The van der Waals surface area contributed by atoms with Crippen LogP contribution >= 0.6 is 0 Å². The number of carbonyl (C=O) groups excluding carboxylic acids is 1. The van der Waals surface area contributed by atoms with Crippen molar-refractivity contribution in [3.63, 3.8) is 0 Å². The third-order valence-electron chi connectivity index (χ3n) is 6.23. The van der Waals surface area contributed by atoms with Crippen LogP contribution in [-0.4, -0.2) is 21.8 Å². The van der Waals surface area contributed by atoms with Crippen molar-refractivity contribution in [2.24, 2.45) is 17.1 Å². The minimum Gasteiger partial charge on any atom is -0.406 e. The number of aromatic nitrogens is 2. The number of benzene rings is 2. The maximum atomic E-state index is 12.5. The smallest absolute Gasteiger partial charge is 0.406 e. The molecule has 1 aliphatic carbocycles. The van der Waals surface area contributed by atoms with Gasteiger partial charge < -0.3 is 20.4 Å². The topological polar surface area (TPSA) is 82.2 Å². The first-order chi connectivity index (χ1) is 16.4. The van der Waals surface area contributed by atoms with Crippen LogP contribution in [0.5, 0.6) is 5.75 Å². The maximum absolute atomic E-state index is 12.5. The average Bonchev–Trinajstić information content (AvgIpc) is 3.08. The van der Waals surface area contributed by atoms with Crippen molar-refractivity contribution in [1.82, 2.24) is 9.55 Å². The van der Waals surface area contributed by atoms with Crippen LogP contribution in [0.3, 0.4) is 0 Å². The van der Waals surface area contributed by atoms with E-state index >= 15 is 0 Å². The third-order valence-corrected chi connectivity index (χ3v) is 6.23. The predicted molar refractivity (Wildman–Crippen MR) is 130 cm³/mol. The van der Waals surface area contributed by atoms with Crippen molar-refractivity contribution in [3.8, 4) is 5.75 Å². The van der Waals surface area contributed by atoms with Crippen LogP contribution in [0.2, 0.25) is 0 Å². The van der Waals surface area contributed by atoms with Crippen LogP contribution in [0, 0.1) is 11.3 Å². The Morgan fingerprint density at radius 3 is 2.54 bits per heavy atom. The van der Waals surface area contributed by atoms with Crippen molar-refractivity contribution < 1.29 is 22.7 Å². The fourth-order valence-corrected chi connectivity index (χ4v) is 5.22. The number of nitrogens with two attached hydrogens (primary N) is 1. The SMILES string of the molecule is C[C@H]1CC(n2c(Nc3ccc(OC(F)(F)F)cc3)nc3cc(/C=C/C(N)=O)ccc32)CC(C)(C)C1. The zero-order valence-corrected chi connectivity index (χ0v) is 19.9. The summed E-state index contributed by atoms with van der Waals surface area (Å²) >= 11 is 0. The van der Waals surface area contributed by atoms with E-state index in [0.29, 0.717) is 17.6 Å². The lowest BCUT2D eigenvalue weighted by Crippen LogP contribution is -2.29. The van der Waals surface area contributed by atoms with E-state index in [1.807, 2.05) is 18.2 Å². The molecule has 3 N–H and O–H groups in total. The Labute approximate surface area is 202 Å². The monoisotopic (exact) mass is 486 g/mol. The highest BCUT2D eigenvalue weighted by atomic mass is 19.4. The number of imidazole rings is 1. The number of amides is 1. The summed E-state index contributed by atoms with van der Waals surface area (Å²) in [5, 5.41) is 3.28. The Kier molecular flexibility index (Phi) is 6.53. The van der Waals surface area contributed by atoms with E-state index in [4.69, 9.17) is 10.7 Å². The number of carbonyl (C=O) groups is 1. The molecule has 1 aliphatic rings. The maximum Gasteiger partial charge on any atom is 0.573 e. The van der Waals surface area contributed by atoms with Gasteiger partial charge in [-0.25, -0.2) is 4.98 Å². The van der Waals surface area contributed by atoms with E-state index < -0.39 is 12.3 Å². The first-order valence-electron chi connectivity index (χ1n) is 11.5. The first kappa shape index (κ1) is 24.6. The van der Waals surface area contributed by atoms with Gasteiger partial charge in [-0.2, -0.15) is 0 Å². The van der Waals surface area contributed by atoms with Gasteiger partial charge in [0, 0.05) is 17.8 Å². The van der Waals surface area contributed by atoms with Crippen molar-refractivity contribution in [2.75, 3.05) is 5.32 Å². The molecule has 1 amide bonds. The highest BCUT2D eigenvalue weighted by molar-refractivity contribution is 5.91. The molecular formula is C26H29F3N4O2. The van der Waals surface area contributed by atoms with Crippen molar-refractivity contribution >= 4 is 34.7 Å². The zero-order chi connectivity index (χ0) is 25.4. The molecule has 0 saturated heterocycles. The molecule has 1 aromatic heterocycles. The number of nitrogens with zero attached hydrogens (tertiary/aromatic N) is 2. The van der Waals surface area contributed by atoms with Crippen LogP contribution < -0.4 is 15.8 Å². The van der Waals surface area contributed by atoms with E-state index in [9.17, 15) is 18.0 Å². The van der Waals surface area contributed by atoms with Gasteiger partial charge in [0.1, 0.15) is 5.75 Å². The number of rotatable bonds is 6. The zero-order valence-electron chi connectivity index (χ0n) is 19.9. The Morgan fingerprint density at radius 1 is 1.20 bits per heavy atom. The number of hydrogen-bond donors (Lipinski definition) is 2. The number of fused-ring (bicyclic) bond motifs is 1. The van der Waals surface area contributed by atoms with E-state index in [1.54, 1.807) is 6.08 Å². The Morgan fingerprint density at radius 2 is 1.91 bits per heavy atom. The van der Waals surface area contributed by atoms with Gasteiger partial charge in [0.25, 0.3) is 0 Å². The molecule has 6 nitrogen and oxygen atoms in total. The molecule has 9 heteroatoms. The number of hydrogen-bond acceptors (Lipinski definition) is 4. The highest BCUT2D eigenvalue weighted by Gasteiger charge is 2.35. The summed E-state index contributed by atoms with van der Waals surface area (Å²) in [7, 11) is 0. The summed E-state index contributed by atoms with van der Waals surface area (Å²) in [5.74, 6) is 0.320. The molecule has 1 heterocycles. The minimum absolute atomic E-state index is 0.164. The molecule has 1 saturated carbocycles. The molecular weight excluding hydrogens is 457 g/mol. The number of alkyl halides is 3. The molecule has 0 aliphatic heterocycles. The van der Waals surface area contributed by atoms with Gasteiger partial charge in [0.2, 0.25) is 11.9 Å². The van der Waals surface area contributed by atoms with Crippen molar-refractivity contribution in [2.45, 2.75) is 52.4 Å². The number of anilines is 2. The van der Waals surface area contributed by atoms with E-state index in [0.717, 1.165) is 35.9 Å². The lowest BCUT2D eigenvalue weighted by molar-refractivity contribution is -0.274. The molecule has 1 unspecified atom stereocenters. The highest BCUT2D eigenvalue weighted by Crippen LogP contribution is 2.46. The standard InChI is InChI=1S/C26H29F3N4O2/c1-16-12-19(15-25(2,3)14-16)33-22-10-4-17(5-11-23(30)34)13-21(22)32-24(33)31-18-6-8-20(9-7-18)35-26(27,28)29/h4-11,13,16,19H,12,14-15H2,1-3H3,(H2,30,34)(H,31,32)/b11-5+/t16-,19?/m0/s1.